The van der Waals surface area contributed by atoms with Crippen molar-refractivity contribution in [1.82, 2.24) is 9.88 Å². The van der Waals surface area contributed by atoms with E-state index in [0.29, 0.717) is 10.9 Å². The summed E-state index contributed by atoms with van der Waals surface area (Å²) in [7, 11) is 1.46. The van der Waals surface area contributed by atoms with Crippen LogP contribution in [-0.2, 0) is 4.79 Å². The summed E-state index contributed by atoms with van der Waals surface area (Å²) in [6.45, 7) is -0.179. The van der Waals surface area contributed by atoms with Gasteiger partial charge in [0.05, 0.1) is 12.1 Å². The molecular weight excluding hydrogens is 249 g/mol. The van der Waals surface area contributed by atoms with Crippen LogP contribution < -0.4 is 5.73 Å². The number of fused-ring (bicyclic) bond motifs is 1. The van der Waals surface area contributed by atoms with Gasteiger partial charge in [-0.25, -0.2) is 9.37 Å². The highest BCUT2D eigenvalue weighted by Crippen LogP contribution is 2.14. The van der Waals surface area contributed by atoms with Crippen molar-refractivity contribution in [3.63, 3.8) is 0 Å². The molecule has 0 saturated carbocycles. The van der Waals surface area contributed by atoms with Crippen LogP contribution in [0.2, 0.25) is 0 Å². The summed E-state index contributed by atoms with van der Waals surface area (Å²) in [6.07, 6.45) is 0. The zero-order chi connectivity index (χ0) is 14.0. The lowest BCUT2D eigenvalue weighted by Crippen LogP contribution is -2.35. The summed E-state index contributed by atoms with van der Waals surface area (Å²) >= 11 is 0. The number of hydrogen-bond donors (Lipinski definition) is 1. The molecule has 0 atom stereocenters. The number of aromatic nitrogens is 1. The Balaban J connectivity index is 2.33. The highest BCUT2D eigenvalue weighted by Gasteiger charge is 2.15. The Bertz CT molecular complexity index is 657. The Labute approximate surface area is 108 Å². The fraction of sp³-hybridized carbons (Fsp3) is 0.154. The normalized spacial score (nSPS) is 10.4. The van der Waals surface area contributed by atoms with Crippen LogP contribution in [0.5, 0.6) is 0 Å². The standard InChI is InChI=1S/C13H12FN3O2/c1-17(7-12(15)18)13(19)11-4-2-8-6-9(14)3-5-10(8)16-11/h2-6H,7H2,1H3,(H2,15,18). The SMILES string of the molecule is CN(CC(N)=O)C(=O)c1ccc2cc(F)ccc2n1. The highest BCUT2D eigenvalue weighted by atomic mass is 19.1. The van der Waals surface area contributed by atoms with E-state index in [1.165, 1.54) is 36.2 Å². The fourth-order valence-electron chi connectivity index (χ4n) is 1.72. The molecule has 1 heterocycles. The third-order valence-electron chi connectivity index (χ3n) is 2.61. The molecule has 0 bridgehead atoms. The Morgan fingerprint density at radius 1 is 1.32 bits per heavy atom. The van der Waals surface area contributed by atoms with Crippen molar-refractivity contribution in [3.8, 4) is 0 Å². The highest BCUT2D eigenvalue weighted by molar-refractivity contribution is 5.96. The summed E-state index contributed by atoms with van der Waals surface area (Å²) in [5.74, 6) is -1.37. The number of halogens is 1. The molecule has 2 aromatic rings. The van der Waals surface area contributed by atoms with Crippen molar-refractivity contribution < 1.29 is 14.0 Å². The predicted molar refractivity (Wildman–Crippen MR) is 67.9 cm³/mol. The molecule has 0 aliphatic rings. The van der Waals surface area contributed by atoms with Crippen molar-refractivity contribution in [2.24, 2.45) is 5.73 Å². The minimum absolute atomic E-state index is 0.179. The summed E-state index contributed by atoms with van der Waals surface area (Å²) < 4.78 is 13.0. The minimum Gasteiger partial charge on any atom is -0.368 e. The van der Waals surface area contributed by atoms with Crippen LogP contribution >= 0.6 is 0 Å². The first-order valence-electron chi connectivity index (χ1n) is 5.57. The maximum atomic E-state index is 13.0. The van der Waals surface area contributed by atoms with Crippen LogP contribution in [-0.4, -0.2) is 35.3 Å². The number of carbonyl (C=O) groups is 2. The minimum atomic E-state index is -0.598. The molecule has 5 nitrogen and oxygen atoms in total. The average Bonchev–Trinajstić information content (AvgIpc) is 2.36. The van der Waals surface area contributed by atoms with E-state index in [4.69, 9.17) is 5.73 Å². The lowest BCUT2D eigenvalue weighted by atomic mass is 10.2. The van der Waals surface area contributed by atoms with Gasteiger partial charge >= 0.3 is 0 Å². The first-order chi connectivity index (χ1) is 8.97. The number of pyridine rings is 1. The molecule has 2 rings (SSSR count). The third-order valence-corrected chi connectivity index (χ3v) is 2.61. The quantitative estimate of drug-likeness (QED) is 0.893. The first kappa shape index (κ1) is 12.9. The third kappa shape index (κ3) is 2.85. The number of benzene rings is 1. The van der Waals surface area contributed by atoms with Crippen molar-refractivity contribution in [3.05, 3.63) is 41.8 Å². The van der Waals surface area contributed by atoms with Gasteiger partial charge in [-0.1, -0.05) is 6.07 Å². The second kappa shape index (κ2) is 5.01. The smallest absolute Gasteiger partial charge is 0.272 e. The van der Waals surface area contributed by atoms with E-state index < -0.39 is 11.8 Å². The topological polar surface area (TPSA) is 76.3 Å². The second-order valence-electron chi connectivity index (χ2n) is 4.16. The summed E-state index contributed by atoms with van der Waals surface area (Å²) in [4.78, 5) is 28.0. The van der Waals surface area contributed by atoms with Gasteiger partial charge in [0, 0.05) is 12.4 Å². The molecular formula is C13H12FN3O2. The second-order valence-corrected chi connectivity index (χ2v) is 4.16. The van der Waals surface area contributed by atoms with E-state index in [-0.39, 0.29) is 18.1 Å². The molecule has 19 heavy (non-hydrogen) atoms. The molecule has 0 radical (unpaired) electrons. The molecule has 0 aliphatic carbocycles. The molecule has 98 valence electrons. The molecule has 0 unspecified atom stereocenters. The molecule has 6 heteroatoms. The van der Waals surface area contributed by atoms with Gasteiger partial charge in [-0.2, -0.15) is 0 Å². The zero-order valence-corrected chi connectivity index (χ0v) is 10.3. The molecule has 1 aromatic heterocycles. The maximum Gasteiger partial charge on any atom is 0.272 e. The lowest BCUT2D eigenvalue weighted by molar-refractivity contribution is -0.118. The number of amides is 2. The molecule has 0 aliphatic heterocycles. The zero-order valence-electron chi connectivity index (χ0n) is 10.3. The summed E-state index contributed by atoms with van der Waals surface area (Å²) in [6, 6.07) is 7.20. The van der Waals surface area contributed by atoms with Gasteiger partial charge in [-0.3, -0.25) is 9.59 Å². The van der Waals surface area contributed by atoms with Crippen molar-refractivity contribution in [1.29, 1.82) is 0 Å². The van der Waals surface area contributed by atoms with E-state index >= 15 is 0 Å². The van der Waals surface area contributed by atoms with Crippen LogP contribution in [0.15, 0.2) is 30.3 Å². The van der Waals surface area contributed by atoms with Crippen LogP contribution in [0.4, 0.5) is 4.39 Å². The average molecular weight is 261 g/mol. The van der Waals surface area contributed by atoms with Crippen molar-refractivity contribution in [2.45, 2.75) is 0 Å². The molecule has 0 saturated heterocycles. The summed E-state index contributed by atoms with van der Waals surface area (Å²) in [5, 5.41) is 0.606. The van der Waals surface area contributed by atoms with Crippen LogP contribution in [0.1, 0.15) is 10.5 Å². The van der Waals surface area contributed by atoms with Crippen molar-refractivity contribution in [2.75, 3.05) is 13.6 Å². The van der Waals surface area contributed by atoms with E-state index in [1.807, 2.05) is 0 Å². The van der Waals surface area contributed by atoms with Gasteiger partial charge in [-0.15, -0.1) is 0 Å². The number of likely N-dealkylation sites (N-methyl/N-ethyl adjacent to an activating group) is 1. The molecule has 0 spiro atoms. The van der Waals surface area contributed by atoms with E-state index in [2.05, 4.69) is 4.98 Å². The van der Waals surface area contributed by atoms with E-state index in [1.54, 1.807) is 6.07 Å². The number of nitrogens with two attached hydrogens (primary N) is 1. The van der Waals surface area contributed by atoms with Gasteiger partial charge in [-0.05, 0) is 24.3 Å². The fourth-order valence-corrected chi connectivity index (χ4v) is 1.72. The van der Waals surface area contributed by atoms with Crippen LogP contribution in [0.25, 0.3) is 10.9 Å². The number of hydrogen-bond acceptors (Lipinski definition) is 3. The number of nitrogens with zero attached hydrogens (tertiary/aromatic N) is 2. The number of carbonyl (C=O) groups excluding carboxylic acids is 2. The number of rotatable bonds is 3. The molecule has 2 N–H and O–H groups in total. The monoisotopic (exact) mass is 261 g/mol. The first-order valence-corrected chi connectivity index (χ1v) is 5.57. The Hall–Kier alpha value is -2.50. The molecule has 2 amide bonds. The Morgan fingerprint density at radius 2 is 2.05 bits per heavy atom. The van der Waals surface area contributed by atoms with E-state index in [9.17, 15) is 14.0 Å². The van der Waals surface area contributed by atoms with Crippen molar-refractivity contribution >= 4 is 22.7 Å². The Kier molecular flexibility index (Phi) is 3.41. The van der Waals surface area contributed by atoms with Gasteiger partial charge in [0.1, 0.15) is 11.5 Å². The number of primary amides is 1. The predicted octanol–water partition coefficient (Wildman–Crippen LogP) is 0.931. The van der Waals surface area contributed by atoms with Crippen LogP contribution in [0, 0.1) is 5.82 Å². The van der Waals surface area contributed by atoms with Gasteiger partial charge in [0.25, 0.3) is 5.91 Å². The molecule has 1 aromatic carbocycles. The van der Waals surface area contributed by atoms with Gasteiger partial charge < -0.3 is 10.6 Å². The summed E-state index contributed by atoms with van der Waals surface area (Å²) in [5.41, 5.74) is 5.72. The van der Waals surface area contributed by atoms with Gasteiger partial charge in [0.15, 0.2) is 0 Å². The Morgan fingerprint density at radius 3 is 2.74 bits per heavy atom. The van der Waals surface area contributed by atoms with E-state index in [0.717, 1.165) is 0 Å². The molecule has 0 fully saturated rings. The van der Waals surface area contributed by atoms with Gasteiger partial charge in [0.2, 0.25) is 5.91 Å². The maximum absolute atomic E-state index is 13.0. The van der Waals surface area contributed by atoms with Crippen LogP contribution in [0.3, 0.4) is 0 Å². The lowest BCUT2D eigenvalue weighted by Gasteiger charge is -2.14. The largest absolute Gasteiger partial charge is 0.368 e.